The molecule has 4 nitrogen and oxygen atoms in total. The molecular formula is C16H19N3OS. The molecule has 0 spiro atoms. The average Bonchev–Trinajstić information content (AvgIpc) is 3.18. The van der Waals surface area contributed by atoms with Crippen molar-refractivity contribution in [1.29, 1.82) is 0 Å². The van der Waals surface area contributed by atoms with E-state index in [0.717, 1.165) is 49.5 Å². The van der Waals surface area contributed by atoms with E-state index in [1.165, 1.54) is 5.56 Å². The molecule has 3 heterocycles. The van der Waals surface area contributed by atoms with Gasteiger partial charge in [-0.3, -0.25) is 9.78 Å². The van der Waals surface area contributed by atoms with Crippen LogP contribution in [-0.2, 0) is 24.1 Å². The Morgan fingerprint density at radius 2 is 1.95 bits per heavy atom. The standard InChI is InChI=1S/C16H19N3OS/c20-16(19-9-1-2-10-19)11-14-12-21-15(18-14)4-3-13-5-7-17-8-6-13/h5-8,12H,1-4,9-11H2. The van der Waals surface area contributed by atoms with Crippen molar-refractivity contribution in [2.75, 3.05) is 13.1 Å². The fraction of sp³-hybridized carbons (Fsp3) is 0.438. The normalized spacial score (nSPS) is 14.6. The first-order valence-corrected chi connectivity index (χ1v) is 8.29. The lowest BCUT2D eigenvalue weighted by Crippen LogP contribution is -2.29. The summed E-state index contributed by atoms with van der Waals surface area (Å²) < 4.78 is 0. The molecule has 0 N–H and O–H groups in total. The Hall–Kier alpha value is -1.75. The lowest BCUT2D eigenvalue weighted by atomic mass is 10.1. The van der Waals surface area contributed by atoms with E-state index >= 15 is 0 Å². The van der Waals surface area contributed by atoms with Crippen molar-refractivity contribution >= 4 is 17.2 Å². The highest BCUT2D eigenvalue weighted by Gasteiger charge is 2.18. The van der Waals surface area contributed by atoms with Gasteiger partial charge < -0.3 is 4.90 Å². The zero-order chi connectivity index (χ0) is 14.5. The van der Waals surface area contributed by atoms with Gasteiger partial charge in [0.1, 0.15) is 0 Å². The third kappa shape index (κ3) is 3.88. The number of amides is 1. The number of carbonyl (C=O) groups is 1. The minimum Gasteiger partial charge on any atom is -0.342 e. The summed E-state index contributed by atoms with van der Waals surface area (Å²) in [6.07, 6.45) is 8.25. The van der Waals surface area contributed by atoms with E-state index in [2.05, 4.69) is 9.97 Å². The number of thiazole rings is 1. The van der Waals surface area contributed by atoms with E-state index < -0.39 is 0 Å². The topological polar surface area (TPSA) is 46.1 Å². The summed E-state index contributed by atoms with van der Waals surface area (Å²) in [6.45, 7) is 1.83. The number of aryl methyl sites for hydroxylation is 2. The van der Waals surface area contributed by atoms with Crippen molar-refractivity contribution in [1.82, 2.24) is 14.9 Å². The molecule has 2 aromatic heterocycles. The summed E-state index contributed by atoms with van der Waals surface area (Å²) in [7, 11) is 0. The maximum atomic E-state index is 12.1. The predicted molar refractivity (Wildman–Crippen MR) is 83.3 cm³/mol. The predicted octanol–water partition coefficient (Wildman–Crippen LogP) is 2.49. The van der Waals surface area contributed by atoms with Crippen LogP contribution >= 0.6 is 11.3 Å². The van der Waals surface area contributed by atoms with Gasteiger partial charge in [0.25, 0.3) is 0 Å². The van der Waals surface area contributed by atoms with Crippen molar-refractivity contribution in [3.63, 3.8) is 0 Å². The van der Waals surface area contributed by atoms with Gasteiger partial charge >= 0.3 is 0 Å². The smallest absolute Gasteiger partial charge is 0.228 e. The Balaban J connectivity index is 1.52. The van der Waals surface area contributed by atoms with Crippen LogP contribution in [0.25, 0.3) is 0 Å². The maximum absolute atomic E-state index is 12.1. The third-order valence-corrected chi connectivity index (χ3v) is 4.72. The molecule has 3 rings (SSSR count). The van der Waals surface area contributed by atoms with Crippen molar-refractivity contribution in [3.8, 4) is 0 Å². The van der Waals surface area contributed by atoms with Gasteiger partial charge in [0.05, 0.1) is 17.1 Å². The van der Waals surface area contributed by atoms with Gasteiger partial charge in [-0.05, 0) is 37.0 Å². The lowest BCUT2D eigenvalue weighted by molar-refractivity contribution is -0.129. The molecule has 1 saturated heterocycles. The van der Waals surface area contributed by atoms with Crippen molar-refractivity contribution in [2.45, 2.75) is 32.1 Å². The van der Waals surface area contributed by atoms with Gasteiger partial charge in [-0.25, -0.2) is 4.98 Å². The van der Waals surface area contributed by atoms with Gasteiger partial charge in [-0.2, -0.15) is 0 Å². The number of aromatic nitrogens is 2. The highest BCUT2D eigenvalue weighted by molar-refractivity contribution is 7.09. The van der Waals surface area contributed by atoms with E-state index in [9.17, 15) is 4.79 Å². The number of carbonyl (C=O) groups excluding carboxylic acids is 1. The molecule has 0 atom stereocenters. The fourth-order valence-corrected chi connectivity index (χ4v) is 3.38. The van der Waals surface area contributed by atoms with Crippen LogP contribution in [0.1, 0.15) is 29.1 Å². The van der Waals surface area contributed by atoms with Crippen LogP contribution in [0.2, 0.25) is 0 Å². The first-order chi connectivity index (χ1) is 10.3. The minimum atomic E-state index is 0.221. The van der Waals surface area contributed by atoms with E-state index in [1.54, 1.807) is 11.3 Å². The quantitative estimate of drug-likeness (QED) is 0.852. The maximum Gasteiger partial charge on any atom is 0.228 e. The first-order valence-electron chi connectivity index (χ1n) is 7.41. The van der Waals surface area contributed by atoms with Crippen LogP contribution in [0, 0.1) is 0 Å². The summed E-state index contributed by atoms with van der Waals surface area (Å²) in [5.41, 5.74) is 2.19. The van der Waals surface area contributed by atoms with Crippen LogP contribution in [0.5, 0.6) is 0 Å². The molecule has 0 bridgehead atoms. The van der Waals surface area contributed by atoms with E-state index in [-0.39, 0.29) is 5.91 Å². The Kier molecular flexibility index (Phi) is 4.60. The van der Waals surface area contributed by atoms with E-state index in [0.29, 0.717) is 6.42 Å². The Morgan fingerprint density at radius 3 is 2.71 bits per heavy atom. The van der Waals surface area contributed by atoms with Gasteiger partial charge in [-0.1, -0.05) is 0 Å². The highest BCUT2D eigenvalue weighted by Crippen LogP contribution is 2.15. The molecule has 110 valence electrons. The van der Waals surface area contributed by atoms with Crippen LogP contribution < -0.4 is 0 Å². The Bertz CT molecular complexity index is 591. The molecule has 21 heavy (non-hydrogen) atoms. The largest absolute Gasteiger partial charge is 0.342 e. The number of rotatable bonds is 5. The van der Waals surface area contributed by atoms with Crippen LogP contribution in [-0.4, -0.2) is 33.9 Å². The van der Waals surface area contributed by atoms with Crippen LogP contribution in [0.3, 0.4) is 0 Å². The molecule has 0 unspecified atom stereocenters. The van der Waals surface area contributed by atoms with E-state index in [4.69, 9.17) is 0 Å². The molecule has 0 saturated carbocycles. The molecule has 0 aromatic carbocycles. The third-order valence-electron chi connectivity index (χ3n) is 3.77. The lowest BCUT2D eigenvalue weighted by Gasteiger charge is -2.13. The Labute approximate surface area is 128 Å². The average molecular weight is 301 g/mol. The van der Waals surface area contributed by atoms with Crippen LogP contribution in [0.15, 0.2) is 29.9 Å². The number of hydrogen-bond acceptors (Lipinski definition) is 4. The zero-order valence-corrected chi connectivity index (χ0v) is 12.8. The second-order valence-electron chi connectivity index (χ2n) is 5.35. The van der Waals surface area contributed by atoms with Crippen molar-refractivity contribution < 1.29 is 4.79 Å². The molecule has 0 aliphatic carbocycles. The molecule has 1 aliphatic rings. The van der Waals surface area contributed by atoms with E-state index in [1.807, 2.05) is 34.8 Å². The van der Waals surface area contributed by atoms with Gasteiger partial charge in [0.2, 0.25) is 5.91 Å². The van der Waals surface area contributed by atoms with Gasteiger partial charge in [0.15, 0.2) is 0 Å². The molecule has 1 amide bonds. The fourth-order valence-electron chi connectivity index (χ4n) is 2.58. The second kappa shape index (κ2) is 6.80. The van der Waals surface area contributed by atoms with Gasteiger partial charge in [0, 0.05) is 37.3 Å². The molecule has 1 aliphatic heterocycles. The number of likely N-dealkylation sites (tertiary alicyclic amines) is 1. The SMILES string of the molecule is O=C(Cc1csc(CCc2ccncc2)n1)N1CCCC1. The summed E-state index contributed by atoms with van der Waals surface area (Å²) in [6, 6.07) is 4.07. The van der Waals surface area contributed by atoms with Gasteiger partial charge in [-0.15, -0.1) is 11.3 Å². The van der Waals surface area contributed by atoms with Crippen molar-refractivity contribution in [3.05, 3.63) is 46.2 Å². The minimum absolute atomic E-state index is 0.221. The summed E-state index contributed by atoms with van der Waals surface area (Å²) in [4.78, 5) is 22.7. The number of nitrogens with zero attached hydrogens (tertiary/aromatic N) is 3. The zero-order valence-electron chi connectivity index (χ0n) is 12.0. The number of pyridine rings is 1. The molecule has 0 radical (unpaired) electrons. The van der Waals surface area contributed by atoms with Crippen molar-refractivity contribution in [2.24, 2.45) is 0 Å². The summed E-state index contributed by atoms with van der Waals surface area (Å²) in [5.74, 6) is 0.221. The highest BCUT2D eigenvalue weighted by atomic mass is 32.1. The summed E-state index contributed by atoms with van der Waals surface area (Å²) >= 11 is 1.66. The molecule has 1 fully saturated rings. The molecule has 5 heteroatoms. The molecule has 2 aromatic rings. The van der Waals surface area contributed by atoms with Crippen LogP contribution in [0.4, 0.5) is 0 Å². The molecular weight excluding hydrogens is 282 g/mol. The second-order valence-corrected chi connectivity index (χ2v) is 6.30. The monoisotopic (exact) mass is 301 g/mol. The first kappa shape index (κ1) is 14.2. The summed E-state index contributed by atoms with van der Waals surface area (Å²) in [5, 5.41) is 3.13. The Morgan fingerprint density at radius 1 is 1.19 bits per heavy atom. The number of hydrogen-bond donors (Lipinski definition) is 0.